The molecule has 0 saturated carbocycles. The molecule has 100 valence electrons. The fourth-order valence-electron chi connectivity index (χ4n) is 0.823. The maximum Gasteiger partial charge on any atom is 0.253 e. The summed E-state index contributed by atoms with van der Waals surface area (Å²) in [4.78, 5) is 21.0. The highest BCUT2D eigenvalue weighted by molar-refractivity contribution is 6.53. The Morgan fingerprint density at radius 1 is 1.18 bits per heavy atom. The predicted molar refractivity (Wildman–Crippen MR) is 64.2 cm³/mol. The van der Waals surface area contributed by atoms with Crippen molar-refractivity contribution in [1.82, 2.24) is 10.6 Å². The fraction of sp³-hybridized carbons (Fsp3) is 0.778. The van der Waals surface area contributed by atoms with Gasteiger partial charge in [0.05, 0.1) is 13.2 Å². The molecule has 0 fully saturated rings. The van der Waals surface area contributed by atoms with Gasteiger partial charge in [-0.1, -0.05) is 23.2 Å². The molecular formula is C9H16Cl2N2O4. The van der Waals surface area contributed by atoms with Crippen LogP contribution in [-0.4, -0.2) is 56.7 Å². The first-order valence-electron chi connectivity index (χ1n) is 4.97. The van der Waals surface area contributed by atoms with Crippen molar-refractivity contribution in [2.75, 3.05) is 40.0 Å². The fourth-order valence-corrected chi connectivity index (χ4v) is 0.977. The SMILES string of the molecule is COCCOCC(=O)NCCNC(=O)C(Cl)Cl. The third-order valence-corrected chi connectivity index (χ3v) is 2.01. The Morgan fingerprint density at radius 2 is 1.82 bits per heavy atom. The Morgan fingerprint density at radius 3 is 2.41 bits per heavy atom. The number of carbonyl (C=O) groups is 2. The average Bonchev–Trinajstić information content (AvgIpc) is 2.29. The van der Waals surface area contributed by atoms with E-state index in [1.54, 1.807) is 7.11 Å². The lowest BCUT2D eigenvalue weighted by molar-refractivity contribution is -0.126. The summed E-state index contributed by atoms with van der Waals surface area (Å²) < 4.78 is 9.73. The summed E-state index contributed by atoms with van der Waals surface area (Å²) in [6, 6.07) is 0. The Kier molecular flexibility index (Phi) is 10.2. The molecule has 0 spiro atoms. The molecule has 0 aromatic carbocycles. The highest BCUT2D eigenvalue weighted by Crippen LogP contribution is 1.99. The van der Waals surface area contributed by atoms with Crippen molar-refractivity contribution in [2.45, 2.75) is 4.84 Å². The lowest BCUT2D eigenvalue weighted by Crippen LogP contribution is -2.38. The minimum atomic E-state index is -1.09. The summed E-state index contributed by atoms with van der Waals surface area (Å²) in [5, 5.41) is 4.98. The third kappa shape index (κ3) is 10.3. The summed E-state index contributed by atoms with van der Waals surface area (Å²) in [6.07, 6.45) is 0. The molecule has 8 heteroatoms. The molecular weight excluding hydrogens is 271 g/mol. The number of alkyl halides is 2. The molecule has 0 unspecified atom stereocenters. The van der Waals surface area contributed by atoms with Crippen molar-refractivity contribution >= 4 is 35.0 Å². The number of ether oxygens (including phenoxy) is 2. The molecule has 0 atom stereocenters. The number of hydrogen-bond donors (Lipinski definition) is 2. The molecule has 0 heterocycles. The summed E-state index contributed by atoms with van der Waals surface area (Å²) >= 11 is 10.6. The van der Waals surface area contributed by atoms with Gasteiger partial charge in [-0.05, 0) is 0 Å². The molecule has 2 amide bonds. The first-order chi connectivity index (χ1) is 8.07. The quantitative estimate of drug-likeness (QED) is 0.450. The predicted octanol–water partition coefficient (Wildman–Crippen LogP) is -0.314. The molecule has 0 aromatic rings. The van der Waals surface area contributed by atoms with E-state index in [4.69, 9.17) is 32.7 Å². The zero-order valence-electron chi connectivity index (χ0n) is 9.50. The van der Waals surface area contributed by atoms with E-state index in [9.17, 15) is 9.59 Å². The normalized spacial score (nSPS) is 10.4. The van der Waals surface area contributed by atoms with Crippen LogP contribution in [0.15, 0.2) is 0 Å². The smallest absolute Gasteiger partial charge is 0.253 e. The van der Waals surface area contributed by atoms with Crippen LogP contribution in [0.5, 0.6) is 0 Å². The second-order valence-corrected chi connectivity index (χ2v) is 4.08. The van der Waals surface area contributed by atoms with E-state index in [0.29, 0.717) is 19.8 Å². The summed E-state index contributed by atoms with van der Waals surface area (Å²) in [5.74, 6) is -0.748. The van der Waals surface area contributed by atoms with Crippen LogP contribution < -0.4 is 10.6 Å². The zero-order chi connectivity index (χ0) is 13.1. The van der Waals surface area contributed by atoms with Crippen LogP contribution in [-0.2, 0) is 19.1 Å². The highest BCUT2D eigenvalue weighted by atomic mass is 35.5. The van der Waals surface area contributed by atoms with Gasteiger partial charge in [-0.2, -0.15) is 0 Å². The highest BCUT2D eigenvalue weighted by Gasteiger charge is 2.09. The number of halogens is 2. The van der Waals surface area contributed by atoms with Gasteiger partial charge in [-0.3, -0.25) is 9.59 Å². The summed E-state index contributed by atoms with van der Waals surface area (Å²) in [7, 11) is 1.55. The Hall–Kier alpha value is -0.560. The van der Waals surface area contributed by atoms with E-state index < -0.39 is 10.7 Å². The number of methoxy groups -OCH3 is 1. The molecule has 0 aromatic heterocycles. The maximum atomic E-state index is 11.1. The molecule has 6 nitrogen and oxygen atoms in total. The van der Waals surface area contributed by atoms with Gasteiger partial charge >= 0.3 is 0 Å². The van der Waals surface area contributed by atoms with E-state index in [2.05, 4.69) is 10.6 Å². The standard InChI is InChI=1S/C9H16Cl2N2O4/c1-16-4-5-17-6-7(14)12-2-3-13-9(15)8(10)11/h8H,2-6H2,1H3,(H,12,14)(H,13,15). The summed E-state index contributed by atoms with van der Waals surface area (Å²) in [5.41, 5.74) is 0. The van der Waals surface area contributed by atoms with E-state index in [0.717, 1.165) is 0 Å². The molecule has 2 N–H and O–H groups in total. The maximum absolute atomic E-state index is 11.1. The van der Waals surface area contributed by atoms with Gasteiger partial charge in [-0.25, -0.2) is 0 Å². The van der Waals surface area contributed by atoms with Crippen LogP contribution >= 0.6 is 23.2 Å². The molecule has 0 radical (unpaired) electrons. The van der Waals surface area contributed by atoms with Gasteiger partial charge in [0, 0.05) is 20.2 Å². The van der Waals surface area contributed by atoms with E-state index >= 15 is 0 Å². The molecule has 17 heavy (non-hydrogen) atoms. The van der Waals surface area contributed by atoms with Gasteiger partial charge in [0.15, 0.2) is 4.84 Å². The Labute approximate surface area is 110 Å². The monoisotopic (exact) mass is 286 g/mol. The van der Waals surface area contributed by atoms with Gasteiger partial charge < -0.3 is 20.1 Å². The van der Waals surface area contributed by atoms with Crippen LogP contribution in [0.4, 0.5) is 0 Å². The van der Waals surface area contributed by atoms with Crippen molar-refractivity contribution in [1.29, 1.82) is 0 Å². The average molecular weight is 287 g/mol. The first kappa shape index (κ1) is 16.4. The molecule has 0 bridgehead atoms. The van der Waals surface area contributed by atoms with Crippen molar-refractivity contribution < 1.29 is 19.1 Å². The number of nitrogens with one attached hydrogen (secondary N) is 2. The van der Waals surface area contributed by atoms with Crippen LogP contribution in [0, 0.1) is 0 Å². The van der Waals surface area contributed by atoms with Gasteiger partial charge in [0.1, 0.15) is 6.61 Å². The van der Waals surface area contributed by atoms with E-state index in [-0.39, 0.29) is 19.1 Å². The number of amides is 2. The van der Waals surface area contributed by atoms with Crippen LogP contribution in [0.3, 0.4) is 0 Å². The Balaban J connectivity index is 3.36. The van der Waals surface area contributed by atoms with Crippen molar-refractivity contribution in [2.24, 2.45) is 0 Å². The van der Waals surface area contributed by atoms with E-state index in [1.807, 2.05) is 0 Å². The third-order valence-electron chi connectivity index (χ3n) is 1.61. The lowest BCUT2D eigenvalue weighted by atomic mass is 10.5. The van der Waals surface area contributed by atoms with Crippen molar-refractivity contribution in [3.63, 3.8) is 0 Å². The number of hydrogen-bond acceptors (Lipinski definition) is 4. The van der Waals surface area contributed by atoms with Crippen LogP contribution in [0.2, 0.25) is 0 Å². The minimum Gasteiger partial charge on any atom is -0.382 e. The van der Waals surface area contributed by atoms with Crippen molar-refractivity contribution in [3.8, 4) is 0 Å². The van der Waals surface area contributed by atoms with Crippen LogP contribution in [0.1, 0.15) is 0 Å². The molecule has 0 aliphatic heterocycles. The van der Waals surface area contributed by atoms with E-state index in [1.165, 1.54) is 0 Å². The molecule has 0 rings (SSSR count). The molecule has 0 aliphatic rings. The second kappa shape index (κ2) is 10.6. The second-order valence-electron chi connectivity index (χ2n) is 2.99. The molecule has 0 aliphatic carbocycles. The lowest BCUT2D eigenvalue weighted by Gasteiger charge is -2.07. The zero-order valence-corrected chi connectivity index (χ0v) is 11.0. The number of rotatable bonds is 9. The topological polar surface area (TPSA) is 76.7 Å². The minimum absolute atomic E-state index is 0.0368. The summed E-state index contributed by atoms with van der Waals surface area (Å²) in [6.45, 7) is 1.32. The largest absolute Gasteiger partial charge is 0.382 e. The van der Waals surface area contributed by atoms with Crippen molar-refractivity contribution in [3.05, 3.63) is 0 Å². The van der Waals surface area contributed by atoms with Gasteiger partial charge in [0.25, 0.3) is 5.91 Å². The Bertz CT molecular complexity index is 239. The van der Waals surface area contributed by atoms with Gasteiger partial charge in [0.2, 0.25) is 5.91 Å². The van der Waals surface area contributed by atoms with Gasteiger partial charge in [-0.15, -0.1) is 0 Å². The van der Waals surface area contributed by atoms with Crippen LogP contribution in [0.25, 0.3) is 0 Å². The number of carbonyl (C=O) groups excluding carboxylic acids is 2. The molecule has 0 saturated heterocycles. The first-order valence-corrected chi connectivity index (χ1v) is 5.84.